The van der Waals surface area contributed by atoms with Crippen LogP contribution < -0.4 is 15.8 Å². The first-order chi connectivity index (χ1) is 8.99. The zero-order valence-corrected chi connectivity index (χ0v) is 12.2. The Hall–Kier alpha value is -1.93. The Kier molecular flexibility index (Phi) is 4.51. The molecule has 0 saturated carbocycles. The van der Waals surface area contributed by atoms with Crippen LogP contribution in [0.5, 0.6) is 0 Å². The van der Waals surface area contributed by atoms with Crippen molar-refractivity contribution in [1.29, 1.82) is 0 Å². The molecule has 8 heteroatoms. The van der Waals surface area contributed by atoms with Crippen LogP contribution >= 0.6 is 0 Å². The van der Waals surface area contributed by atoms with Gasteiger partial charge in [0.15, 0.2) is 0 Å². The molecule has 0 aliphatic carbocycles. The third-order valence-electron chi connectivity index (χ3n) is 2.14. The number of nitrogens with two attached hydrogens (primary N) is 1. The summed E-state index contributed by atoms with van der Waals surface area (Å²) in [5.74, 6) is -1.60. The van der Waals surface area contributed by atoms with Crippen LogP contribution in [0.4, 0.5) is 5.69 Å². The van der Waals surface area contributed by atoms with Gasteiger partial charge in [0.05, 0.1) is 4.90 Å². The van der Waals surface area contributed by atoms with E-state index in [0.717, 1.165) is 0 Å². The number of anilines is 1. The molecule has 0 fully saturated rings. The van der Waals surface area contributed by atoms with Crippen molar-refractivity contribution in [2.45, 2.75) is 31.2 Å². The fourth-order valence-electron chi connectivity index (χ4n) is 1.31. The van der Waals surface area contributed by atoms with E-state index in [2.05, 4.69) is 10.6 Å². The van der Waals surface area contributed by atoms with Crippen LogP contribution in [0.15, 0.2) is 29.2 Å². The highest BCUT2D eigenvalue weighted by atomic mass is 32.2. The first-order valence-corrected chi connectivity index (χ1v) is 7.30. The van der Waals surface area contributed by atoms with E-state index in [1.807, 2.05) is 0 Å². The molecule has 2 amide bonds. The minimum atomic E-state index is -3.78. The van der Waals surface area contributed by atoms with Crippen molar-refractivity contribution in [3.05, 3.63) is 24.3 Å². The molecule has 1 rings (SSSR count). The number of hydrogen-bond donors (Lipinski definition) is 3. The van der Waals surface area contributed by atoms with Gasteiger partial charge in [0.2, 0.25) is 10.0 Å². The summed E-state index contributed by atoms with van der Waals surface area (Å²) < 4.78 is 22.1. The van der Waals surface area contributed by atoms with Crippen molar-refractivity contribution in [1.82, 2.24) is 5.32 Å². The zero-order valence-electron chi connectivity index (χ0n) is 11.4. The molecule has 0 atom stereocenters. The van der Waals surface area contributed by atoms with Gasteiger partial charge in [-0.2, -0.15) is 0 Å². The van der Waals surface area contributed by atoms with E-state index >= 15 is 0 Å². The molecule has 0 heterocycles. The number of sulfonamides is 1. The first-order valence-electron chi connectivity index (χ1n) is 5.75. The molecule has 0 saturated heterocycles. The van der Waals surface area contributed by atoms with Crippen molar-refractivity contribution < 1.29 is 18.0 Å². The lowest BCUT2D eigenvalue weighted by Gasteiger charge is -2.19. The van der Waals surface area contributed by atoms with Crippen molar-refractivity contribution in [2.75, 3.05) is 5.32 Å². The lowest BCUT2D eigenvalue weighted by atomic mass is 10.1. The van der Waals surface area contributed by atoms with Gasteiger partial charge in [0.1, 0.15) is 0 Å². The molecule has 0 aliphatic heterocycles. The van der Waals surface area contributed by atoms with Crippen molar-refractivity contribution in [3.8, 4) is 0 Å². The van der Waals surface area contributed by atoms with Gasteiger partial charge in [-0.05, 0) is 45.0 Å². The summed E-state index contributed by atoms with van der Waals surface area (Å²) in [7, 11) is -3.78. The average molecular weight is 299 g/mol. The Balaban J connectivity index is 2.75. The second kappa shape index (κ2) is 5.59. The highest BCUT2D eigenvalue weighted by Gasteiger charge is 2.20. The lowest BCUT2D eigenvalue weighted by Crippen LogP contribution is -2.46. The second-order valence-corrected chi connectivity index (χ2v) is 6.79. The molecule has 1 aromatic rings. The number of nitrogens with one attached hydrogen (secondary N) is 2. The van der Waals surface area contributed by atoms with Crippen LogP contribution in [0.2, 0.25) is 0 Å². The number of amides is 2. The Morgan fingerprint density at radius 2 is 1.55 bits per heavy atom. The van der Waals surface area contributed by atoms with Gasteiger partial charge in [0.25, 0.3) is 0 Å². The summed E-state index contributed by atoms with van der Waals surface area (Å²) in [5.41, 5.74) is -0.224. The molecular formula is C12H17N3O4S. The van der Waals surface area contributed by atoms with E-state index in [9.17, 15) is 18.0 Å². The molecule has 4 N–H and O–H groups in total. The number of carbonyl (C=O) groups is 2. The lowest BCUT2D eigenvalue weighted by molar-refractivity contribution is -0.137. The normalized spacial score (nSPS) is 11.8. The Labute approximate surface area is 117 Å². The molecule has 0 spiro atoms. The number of carbonyl (C=O) groups excluding carboxylic acids is 2. The highest BCUT2D eigenvalue weighted by molar-refractivity contribution is 7.89. The van der Waals surface area contributed by atoms with E-state index in [1.54, 1.807) is 20.8 Å². The maximum absolute atomic E-state index is 11.6. The topological polar surface area (TPSA) is 118 Å². The molecule has 7 nitrogen and oxygen atoms in total. The van der Waals surface area contributed by atoms with Crippen molar-refractivity contribution >= 4 is 27.5 Å². The quantitative estimate of drug-likeness (QED) is 0.675. The van der Waals surface area contributed by atoms with E-state index < -0.39 is 27.4 Å². The standard InChI is InChI=1S/C12H17N3O4S/c1-12(2,3)15-11(17)10(16)14-8-4-6-9(7-5-8)20(13,18)19/h4-7H,1-3H3,(H,14,16)(H,15,17)(H2,13,18,19). The van der Waals surface area contributed by atoms with Crippen LogP contribution in [-0.4, -0.2) is 25.8 Å². The highest BCUT2D eigenvalue weighted by Crippen LogP contribution is 2.12. The van der Waals surface area contributed by atoms with Gasteiger partial charge in [-0.25, -0.2) is 13.6 Å². The largest absolute Gasteiger partial charge is 0.343 e. The van der Waals surface area contributed by atoms with Crippen LogP contribution in [0.1, 0.15) is 20.8 Å². The van der Waals surface area contributed by atoms with Crippen LogP contribution in [0.25, 0.3) is 0 Å². The number of hydrogen-bond acceptors (Lipinski definition) is 4. The maximum atomic E-state index is 11.6. The van der Waals surface area contributed by atoms with Crippen molar-refractivity contribution in [2.24, 2.45) is 5.14 Å². The van der Waals surface area contributed by atoms with Crippen LogP contribution in [0, 0.1) is 0 Å². The molecule has 0 unspecified atom stereocenters. The van der Waals surface area contributed by atoms with Gasteiger partial charge in [-0.3, -0.25) is 9.59 Å². The van der Waals surface area contributed by atoms with E-state index in [1.165, 1.54) is 24.3 Å². The summed E-state index contributed by atoms with van der Waals surface area (Å²) in [6.07, 6.45) is 0. The third kappa shape index (κ3) is 4.98. The fourth-order valence-corrected chi connectivity index (χ4v) is 1.83. The molecule has 0 bridgehead atoms. The SMILES string of the molecule is CC(C)(C)NC(=O)C(=O)Nc1ccc(S(N)(=O)=O)cc1. The average Bonchev–Trinajstić information content (AvgIpc) is 2.26. The predicted octanol–water partition coefficient (Wildman–Crippen LogP) is 0.187. The predicted molar refractivity (Wildman–Crippen MR) is 74.3 cm³/mol. The van der Waals surface area contributed by atoms with Crippen molar-refractivity contribution in [3.63, 3.8) is 0 Å². The van der Waals surface area contributed by atoms with Crippen LogP contribution in [-0.2, 0) is 19.6 Å². The number of primary sulfonamides is 1. The third-order valence-corrected chi connectivity index (χ3v) is 3.06. The van der Waals surface area contributed by atoms with E-state index in [-0.39, 0.29) is 4.90 Å². The molecule has 0 radical (unpaired) electrons. The van der Waals surface area contributed by atoms with E-state index in [4.69, 9.17) is 5.14 Å². The summed E-state index contributed by atoms with van der Waals surface area (Å²) in [5, 5.41) is 9.81. The Morgan fingerprint density at radius 3 is 1.95 bits per heavy atom. The van der Waals surface area contributed by atoms with E-state index in [0.29, 0.717) is 5.69 Å². The first kappa shape index (κ1) is 16.1. The summed E-state index contributed by atoms with van der Waals surface area (Å²) in [4.78, 5) is 23.1. The molecule has 110 valence electrons. The van der Waals surface area contributed by atoms with Gasteiger partial charge in [-0.15, -0.1) is 0 Å². The summed E-state index contributed by atoms with van der Waals surface area (Å²) >= 11 is 0. The second-order valence-electron chi connectivity index (χ2n) is 5.23. The molecule has 0 aliphatic rings. The molecular weight excluding hydrogens is 282 g/mol. The van der Waals surface area contributed by atoms with Gasteiger partial charge in [0, 0.05) is 11.2 Å². The van der Waals surface area contributed by atoms with Gasteiger partial charge >= 0.3 is 11.8 Å². The molecule has 1 aromatic carbocycles. The van der Waals surface area contributed by atoms with Crippen LogP contribution in [0.3, 0.4) is 0 Å². The molecule has 0 aromatic heterocycles. The summed E-state index contributed by atoms with van der Waals surface area (Å²) in [6.45, 7) is 5.25. The maximum Gasteiger partial charge on any atom is 0.313 e. The van der Waals surface area contributed by atoms with Gasteiger partial charge in [-0.1, -0.05) is 0 Å². The minimum absolute atomic E-state index is 0.0744. The minimum Gasteiger partial charge on any atom is -0.343 e. The smallest absolute Gasteiger partial charge is 0.313 e. The van der Waals surface area contributed by atoms with Gasteiger partial charge < -0.3 is 10.6 Å². The fraction of sp³-hybridized carbons (Fsp3) is 0.333. The Morgan fingerprint density at radius 1 is 1.05 bits per heavy atom. The summed E-state index contributed by atoms with van der Waals surface area (Å²) in [6, 6.07) is 5.18. The zero-order chi connectivity index (χ0) is 15.6. The number of rotatable bonds is 2. The molecule has 20 heavy (non-hydrogen) atoms. The Bertz CT molecular complexity index is 615. The number of benzene rings is 1. The monoisotopic (exact) mass is 299 g/mol.